The van der Waals surface area contributed by atoms with Crippen LogP contribution in [0.1, 0.15) is 24.8 Å². The molecule has 0 radical (unpaired) electrons. The summed E-state index contributed by atoms with van der Waals surface area (Å²) < 4.78 is 37.9. The molecule has 1 aromatic rings. The fraction of sp³-hybridized carbons (Fsp3) is 0.562. The predicted molar refractivity (Wildman–Crippen MR) is 86.9 cm³/mol. The molecular formula is C16H23FN2O3S. The number of nitrogens with zero attached hydrogens (tertiary/aromatic N) is 1. The Balaban J connectivity index is 1.82. The second-order valence-corrected chi connectivity index (χ2v) is 7.94. The SMILES string of the molecule is CS(=O)(=O)N(CCNC(=O)C1CCC1)CCc1ccc(F)cc1. The maximum absolute atomic E-state index is 12.9. The third kappa shape index (κ3) is 5.58. The molecule has 0 spiro atoms. The first kappa shape index (κ1) is 17.9. The van der Waals surface area contributed by atoms with E-state index in [-0.39, 0.29) is 24.2 Å². The van der Waals surface area contributed by atoms with Crippen LogP contribution >= 0.6 is 0 Å². The number of hydrogen-bond acceptors (Lipinski definition) is 3. The number of hydrogen-bond donors (Lipinski definition) is 1. The van der Waals surface area contributed by atoms with Crippen molar-refractivity contribution in [3.63, 3.8) is 0 Å². The molecule has 7 heteroatoms. The van der Waals surface area contributed by atoms with Gasteiger partial charge < -0.3 is 5.32 Å². The van der Waals surface area contributed by atoms with Gasteiger partial charge in [0.05, 0.1) is 6.26 Å². The molecule has 2 rings (SSSR count). The summed E-state index contributed by atoms with van der Waals surface area (Å²) in [6.45, 7) is 0.869. The summed E-state index contributed by atoms with van der Waals surface area (Å²) in [5.74, 6) is -0.198. The molecule has 1 aliphatic rings. The summed E-state index contributed by atoms with van der Waals surface area (Å²) in [4.78, 5) is 11.8. The fourth-order valence-electron chi connectivity index (χ4n) is 2.47. The highest BCUT2D eigenvalue weighted by Crippen LogP contribution is 2.26. The molecule has 1 saturated carbocycles. The number of amides is 1. The van der Waals surface area contributed by atoms with Gasteiger partial charge in [-0.25, -0.2) is 17.1 Å². The van der Waals surface area contributed by atoms with Crippen LogP contribution in [0.15, 0.2) is 24.3 Å². The van der Waals surface area contributed by atoms with Crippen LogP contribution < -0.4 is 5.32 Å². The number of halogens is 1. The van der Waals surface area contributed by atoms with Gasteiger partial charge in [0, 0.05) is 25.6 Å². The Morgan fingerprint density at radius 1 is 1.26 bits per heavy atom. The van der Waals surface area contributed by atoms with E-state index in [2.05, 4.69) is 5.32 Å². The zero-order chi connectivity index (χ0) is 16.9. The second kappa shape index (κ2) is 7.88. The molecule has 0 unspecified atom stereocenters. The Morgan fingerprint density at radius 3 is 2.43 bits per heavy atom. The monoisotopic (exact) mass is 342 g/mol. The van der Waals surface area contributed by atoms with Crippen molar-refractivity contribution in [1.29, 1.82) is 0 Å². The molecule has 0 heterocycles. The molecule has 1 amide bonds. The van der Waals surface area contributed by atoms with Crippen molar-refractivity contribution in [2.24, 2.45) is 5.92 Å². The Kier molecular flexibility index (Phi) is 6.12. The van der Waals surface area contributed by atoms with Gasteiger partial charge in [-0.15, -0.1) is 0 Å². The van der Waals surface area contributed by atoms with E-state index in [1.807, 2.05) is 0 Å². The highest BCUT2D eigenvalue weighted by molar-refractivity contribution is 7.88. The zero-order valence-electron chi connectivity index (χ0n) is 13.3. The minimum atomic E-state index is -3.35. The standard InChI is InChI=1S/C16H23FN2O3S/c1-23(21,22)19(11-9-13-5-7-15(17)8-6-13)12-10-18-16(20)14-3-2-4-14/h5-8,14H,2-4,9-12H2,1H3,(H,18,20). The average Bonchev–Trinajstić information content (AvgIpc) is 2.41. The Bertz CT molecular complexity index is 627. The van der Waals surface area contributed by atoms with Gasteiger partial charge >= 0.3 is 0 Å². The summed E-state index contributed by atoms with van der Waals surface area (Å²) in [5, 5.41) is 2.80. The molecular weight excluding hydrogens is 319 g/mol. The van der Waals surface area contributed by atoms with Gasteiger partial charge in [-0.05, 0) is 37.0 Å². The quantitative estimate of drug-likeness (QED) is 0.779. The molecule has 1 N–H and O–H groups in total. The first-order chi connectivity index (χ1) is 10.9. The van der Waals surface area contributed by atoms with E-state index in [0.29, 0.717) is 19.5 Å². The smallest absolute Gasteiger partial charge is 0.223 e. The molecule has 0 saturated heterocycles. The second-order valence-electron chi connectivity index (χ2n) is 5.96. The first-order valence-corrected chi connectivity index (χ1v) is 9.68. The normalized spacial score (nSPS) is 15.4. The van der Waals surface area contributed by atoms with Crippen molar-refractivity contribution in [3.8, 4) is 0 Å². The summed E-state index contributed by atoms with van der Waals surface area (Å²) in [7, 11) is -3.35. The van der Waals surface area contributed by atoms with Gasteiger partial charge in [-0.3, -0.25) is 4.79 Å². The van der Waals surface area contributed by atoms with Gasteiger partial charge in [-0.1, -0.05) is 18.6 Å². The Hall–Kier alpha value is -1.47. The molecule has 0 bridgehead atoms. The molecule has 1 aliphatic carbocycles. The molecule has 1 fully saturated rings. The molecule has 0 aliphatic heterocycles. The van der Waals surface area contributed by atoms with Gasteiger partial charge in [-0.2, -0.15) is 0 Å². The third-order valence-corrected chi connectivity index (χ3v) is 5.47. The minimum absolute atomic E-state index is 0.0169. The molecule has 23 heavy (non-hydrogen) atoms. The highest BCUT2D eigenvalue weighted by atomic mass is 32.2. The van der Waals surface area contributed by atoms with E-state index in [0.717, 1.165) is 31.1 Å². The van der Waals surface area contributed by atoms with Crippen molar-refractivity contribution >= 4 is 15.9 Å². The van der Waals surface area contributed by atoms with Gasteiger partial charge in [0.25, 0.3) is 0 Å². The van der Waals surface area contributed by atoms with Crippen LogP contribution in [0.5, 0.6) is 0 Å². The molecule has 0 aromatic heterocycles. The van der Waals surface area contributed by atoms with E-state index in [9.17, 15) is 17.6 Å². The largest absolute Gasteiger partial charge is 0.355 e. The van der Waals surface area contributed by atoms with Crippen molar-refractivity contribution in [3.05, 3.63) is 35.6 Å². The lowest BCUT2D eigenvalue weighted by Gasteiger charge is -2.25. The maximum atomic E-state index is 12.9. The number of nitrogens with one attached hydrogen (secondary N) is 1. The summed E-state index contributed by atoms with van der Waals surface area (Å²) in [6.07, 6.45) is 4.60. The summed E-state index contributed by atoms with van der Waals surface area (Å²) in [6, 6.07) is 6.01. The minimum Gasteiger partial charge on any atom is -0.355 e. The lowest BCUT2D eigenvalue weighted by atomic mass is 9.85. The maximum Gasteiger partial charge on any atom is 0.223 e. The van der Waals surface area contributed by atoms with E-state index < -0.39 is 10.0 Å². The van der Waals surface area contributed by atoms with Gasteiger partial charge in [0.15, 0.2) is 0 Å². The number of carbonyl (C=O) groups is 1. The van der Waals surface area contributed by atoms with E-state index in [1.54, 1.807) is 12.1 Å². The number of sulfonamides is 1. The van der Waals surface area contributed by atoms with Crippen LogP contribution in [0.2, 0.25) is 0 Å². The van der Waals surface area contributed by atoms with Crippen LogP contribution in [0.3, 0.4) is 0 Å². The zero-order valence-corrected chi connectivity index (χ0v) is 14.1. The van der Waals surface area contributed by atoms with Crippen LogP contribution in [-0.2, 0) is 21.2 Å². The molecule has 0 atom stereocenters. The Labute approximate surface area is 136 Å². The predicted octanol–water partition coefficient (Wildman–Crippen LogP) is 1.55. The lowest BCUT2D eigenvalue weighted by Crippen LogP contribution is -2.41. The average molecular weight is 342 g/mol. The summed E-state index contributed by atoms with van der Waals surface area (Å²) in [5.41, 5.74) is 0.874. The molecule has 128 valence electrons. The van der Waals surface area contributed by atoms with E-state index in [1.165, 1.54) is 16.4 Å². The van der Waals surface area contributed by atoms with Crippen LogP contribution in [0.4, 0.5) is 4.39 Å². The number of carbonyl (C=O) groups excluding carboxylic acids is 1. The topological polar surface area (TPSA) is 66.5 Å². The van der Waals surface area contributed by atoms with Crippen molar-refractivity contribution in [1.82, 2.24) is 9.62 Å². The molecule has 5 nitrogen and oxygen atoms in total. The van der Waals surface area contributed by atoms with Crippen LogP contribution in [0, 0.1) is 11.7 Å². The third-order valence-electron chi connectivity index (χ3n) is 4.17. The van der Waals surface area contributed by atoms with E-state index >= 15 is 0 Å². The number of benzene rings is 1. The van der Waals surface area contributed by atoms with Crippen LogP contribution in [-0.4, -0.2) is 44.5 Å². The van der Waals surface area contributed by atoms with Gasteiger partial charge in [0.1, 0.15) is 5.82 Å². The first-order valence-electron chi connectivity index (χ1n) is 7.83. The Morgan fingerprint density at radius 2 is 1.91 bits per heavy atom. The van der Waals surface area contributed by atoms with Crippen LogP contribution in [0.25, 0.3) is 0 Å². The van der Waals surface area contributed by atoms with E-state index in [4.69, 9.17) is 0 Å². The lowest BCUT2D eigenvalue weighted by molar-refractivity contribution is -0.127. The number of rotatable bonds is 8. The molecule has 1 aromatic carbocycles. The summed E-state index contributed by atoms with van der Waals surface area (Å²) >= 11 is 0. The fourth-order valence-corrected chi connectivity index (χ4v) is 3.31. The van der Waals surface area contributed by atoms with Crippen molar-refractivity contribution in [2.45, 2.75) is 25.7 Å². The van der Waals surface area contributed by atoms with Crippen molar-refractivity contribution in [2.75, 3.05) is 25.9 Å². The van der Waals surface area contributed by atoms with Gasteiger partial charge in [0.2, 0.25) is 15.9 Å². The highest BCUT2D eigenvalue weighted by Gasteiger charge is 2.25. The van der Waals surface area contributed by atoms with Crippen molar-refractivity contribution < 1.29 is 17.6 Å².